The fourth-order valence-corrected chi connectivity index (χ4v) is 2.16. The molecule has 76 valence electrons. The Morgan fingerprint density at radius 3 is 2.79 bits per heavy atom. The summed E-state index contributed by atoms with van der Waals surface area (Å²) in [6, 6.07) is 5.92. The predicted octanol–water partition coefficient (Wildman–Crippen LogP) is 2.93. The number of carboxylic acids is 1. The summed E-state index contributed by atoms with van der Waals surface area (Å²) in [6.07, 6.45) is 2.05. The number of aliphatic carboxylic acids is 1. The Balaban J connectivity index is 3.01. The van der Waals surface area contributed by atoms with Crippen molar-refractivity contribution in [1.29, 1.82) is 0 Å². The lowest BCUT2D eigenvalue weighted by Gasteiger charge is -2.06. The Bertz CT molecular complexity index is 339. The molecule has 0 spiro atoms. The van der Waals surface area contributed by atoms with Gasteiger partial charge >= 0.3 is 5.97 Å². The molecule has 4 heteroatoms. The van der Waals surface area contributed by atoms with Gasteiger partial charge in [-0.1, -0.05) is 28.1 Å². The SMILES string of the molecule is CSc1ccc(CBr)cc1CC(=O)O. The summed E-state index contributed by atoms with van der Waals surface area (Å²) in [5, 5.41) is 9.49. The standard InChI is InChI=1S/C10H11BrO2S/c1-14-9-3-2-7(6-11)4-8(9)5-10(12)13/h2-4H,5-6H2,1H3,(H,12,13). The van der Waals surface area contributed by atoms with Gasteiger partial charge in [-0.05, 0) is 23.4 Å². The van der Waals surface area contributed by atoms with Crippen molar-refractivity contribution in [1.82, 2.24) is 0 Å². The zero-order chi connectivity index (χ0) is 10.6. The number of alkyl halides is 1. The summed E-state index contributed by atoms with van der Waals surface area (Å²) in [5.41, 5.74) is 2.00. The lowest BCUT2D eigenvalue weighted by atomic mass is 10.1. The molecule has 0 aromatic heterocycles. The number of hydrogen-bond donors (Lipinski definition) is 1. The zero-order valence-corrected chi connectivity index (χ0v) is 10.2. The maximum Gasteiger partial charge on any atom is 0.307 e. The molecule has 1 rings (SSSR count). The van der Waals surface area contributed by atoms with Crippen LogP contribution in [0.5, 0.6) is 0 Å². The molecule has 0 unspecified atom stereocenters. The minimum atomic E-state index is -0.785. The van der Waals surface area contributed by atoms with Gasteiger partial charge in [0.1, 0.15) is 0 Å². The zero-order valence-electron chi connectivity index (χ0n) is 7.79. The summed E-state index contributed by atoms with van der Waals surface area (Å²) in [4.78, 5) is 11.7. The Labute approximate surface area is 95.8 Å². The monoisotopic (exact) mass is 274 g/mol. The fourth-order valence-electron chi connectivity index (χ4n) is 1.22. The van der Waals surface area contributed by atoms with Crippen molar-refractivity contribution in [2.45, 2.75) is 16.6 Å². The number of hydrogen-bond acceptors (Lipinski definition) is 2. The highest BCUT2D eigenvalue weighted by molar-refractivity contribution is 9.08. The van der Waals surface area contributed by atoms with E-state index in [1.807, 2.05) is 24.5 Å². The lowest BCUT2D eigenvalue weighted by Crippen LogP contribution is -2.02. The first-order chi connectivity index (χ1) is 6.67. The van der Waals surface area contributed by atoms with E-state index < -0.39 is 5.97 Å². The average Bonchev–Trinajstić information content (AvgIpc) is 2.16. The molecule has 0 aliphatic heterocycles. The minimum Gasteiger partial charge on any atom is -0.481 e. The van der Waals surface area contributed by atoms with E-state index in [4.69, 9.17) is 5.11 Å². The van der Waals surface area contributed by atoms with Crippen LogP contribution in [0.25, 0.3) is 0 Å². The van der Waals surface area contributed by atoms with E-state index in [1.165, 1.54) is 0 Å². The fraction of sp³-hybridized carbons (Fsp3) is 0.300. The summed E-state index contributed by atoms with van der Waals surface area (Å²) in [5.74, 6) is -0.785. The van der Waals surface area contributed by atoms with E-state index in [9.17, 15) is 4.79 Å². The third kappa shape index (κ3) is 3.03. The molecule has 1 aromatic rings. The van der Waals surface area contributed by atoms with Gasteiger partial charge < -0.3 is 5.11 Å². The van der Waals surface area contributed by atoms with E-state index in [1.54, 1.807) is 11.8 Å². The van der Waals surface area contributed by atoms with Crippen LogP contribution in [-0.4, -0.2) is 17.3 Å². The second-order valence-electron chi connectivity index (χ2n) is 2.85. The predicted molar refractivity (Wildman–Crippen MR) is 62.2 cm³/mol. The Hall–Kier alpha value is -0.480. The summed E-state index contributed by atoms with van der Waals surface area (Å²) in [6.45, 7) is 0. The van der Waals surface area contributed by atoms with Gasteiger partial charge in [-0.15, -0.1) is 11.8 Å². The molecule has 1 N–H and O–H groups in total. The number of carboxylic acid groups (broad SMARTS) is 1. The van der Waals surface area contributed by atoms with Crippen LogP contribution in [-0.2, 0) is 16.5 Å². The number of carbonyl (C=O) groups is 1. The summed E-state index contributed by atoms with van der Waals surface area (Å²) in [7, 11) is 0. The topological polar surface area (TPSA) is 37.3 Å². The van der Waals surface area contributed by atoms with Gasteiger partial charge in [0.25, 0.3) is 0 Å². The molecule has 0 aliphatic carbocycles. The number of thioether (sulfide) groups is 1. The van der Waals surface area contributed by atoms with Gasteiger partial charge in [0.15, 0.2) is 0 Å². The van der Waals surface area contributed by atoms with Gasteiger partial charge in [-0.2, -0.15) is 0 Å². The Morgan fingerprint density at radius 1 is 1.57 bits per heavy atom. The van der Waals surface area contributed by atoms with Gasteiger partial charge in [-0.25, -0.2) is 0 Å². The van der Waals surface area contributed by atoms with Crippen molar-refractivity contribution in [2.24, 2.45) is 0 Å². The van der Waals surface area contributed by atoms with Crippen molar-refractivity contribution in [2.75, 3.05) is 6.26 Å². The first-order valence-electron chi connectivity index (χ1n) is 4.11. The molecule has 14 heavy (non-hydrogen) atoms. The molecule has 0 fully saturated rings. The second kappa shape index (κ2) is 5.41. The highest BCUT2D eigenvalue weighted by Gasteiger charge is 2.06. The van der Waals surface area contributed by atoms with Crippen molar-refractivity contribution in [3.8, 4) is 0 Å². The minimum absolute atomic E-state index is 0.0943. The van der Waals surface area contributed by atoms with Crippen LogP contribution in [0.3, 0.4) is 0 Å². The molecule has 0 bridgehead atoms. The third-order valence-corrected chi connectivity index (χ3v) is 3.33. The van der Waals surface area contributed by atoms with Gasteiger partial charge in [0.05, 0.1) is 6.42 Å². The quantitative estimate of drug-likeness (QED) is 0.678. The number of rotatable bonds is 4. The van der Waals surface area contributed by atoms with Crippen molar-refractivity contribution in [3.63, 3.8) is 0 Å². The number of benzene rings is 1. The van der Waals surface area contributed by atoms with Crippen LogP contribution in [0.1, 0.15) is 11.1 Å². The second-order valence-corrected chi connectivity index (χ2v) is 4.26. The van der Waals surface area contributed by atoms with E-state index >= 15 is 0 Å². The van der Waals surface area contributed by atoms with Gasteiger partial charge in [0, 0.05) is 10.2 Å². The summed E-state index contributed by atoms with van der Waals surface area (Å²) < 4.78 is 0. The summed E-state index contributed by atoms with van der Waals surface area (Å²) >= 11 is 4.93. The molecule has 2 nitrogen and oxygen atoms in total. The molecule has 0 heterocycles. The van der Waals surface area contributed by atoms with E-state index in [0.29, 0.717) is 0 Å². The molecule has 0 aliphatic rings. The molecule has 0 atom stereocenters. The van der Waals surface area contributed by atoms with Crippen LogP contribution in [0.4, 0.5) is 0 Å². The Morgan fingerprint density at radius 2 is 2.29 bits per heavy atom. The first-order valence-corrected chi connectivity index (χ1v) is 6.45. The maximum absolute atomic E-state index is 10.6. The van der Waals surface area contributed by atoms with Crippen LogP contribution in [0.2, 0.25) is 0 Å². The van der Waals surface area contributed by atoms with E-state index in [-0.39, 0.29) is 6.42 Å². The molecular formula is C10H11BrO2S. The van der Waals surface area contributed by atoms with Crippen LogP contribution in [0.15, 0.2) is 23.1 Å². The maximum atomic E-state index is 10.6. The third-order valence-electron chi connectivity index (χ3n) is 1.84. The molecule has 0 amide bonds. The first kappa shape index (κ1) is 11.6. The van der Waals surface area contributed by atoms with Crippen LogP contribution < -0.4 is 0 Å². The van der Waals surface area contributed by atoms with E-state index in [2.05, 4.69) is 15.9 Å². The largest absolute Gasteiger partial charge is 0.481 e. The van der Waals surface area contributed by atoms with Crippen LogP contribution >= 0.6 is 27.7 Å². The number of halogens is 1. The van der Waals surface area contributed by atoms with Gasteiger partial charge in [0.2, 0.25) is 0 Å². The molecule has 0 radical (unpaired) electrons. The Kier molecular flexibility index (Phi) is 4.48. The smallest absolute Gasteiger partial charge is 0.307 e. The normalized spacial score (nSPS) is 10.1. The van der Waals surface area contributed by atoms with Gasteiger partial charge in [-0.3, -0.25) is 4.79 Å². The molecule has 1 aromatic carbocycles. The van der Waals surface area contributed by atoms with Crippen molar-refractivity contribution < 1.29 is 9.90 Å². The average molecular weight is 275 g/mol. The van der Waals surface area contributed by atoms with Crippen molar-refractivity contribution >= 4 is 33.7 Å². The highest BCUT2D eigenvalue weighted by atomic mass is 79.9. The lowest BCUT2D eigenvalue weighted by molar-refractivity contribution is -0.136. The molecule has 0 saturated carbocycles. The molecule has 0 saturated heterocycles. The highest BCUT2D eigenvalue weighted by Crippen LogP contribution is 2.23. The van der Waals surface area contributed by atoms with Crippen molar-refractivity contribution in [3.05, 3.63) is 29.3 Å². The van der Waals surface area contributed by atoms with E-state index in [0.717, 1.165) is 21.4 Å². The molecular weight excluding hydrogens is 264 g/mol. The van der Waals surface area contributed by atoms with Crippen LogP contribution in [0, 0.1) is 0 Å².